The Morgan fingerprint density at radius 2 is 1.61 bits per heavy atom. The topological polar surface area (TPSA) is 64.4 Å². The largest absolute Gasteiger partial charge is 0.465 e. The van der Waals surface area contributed by atoms with Crippen molar-refractivity contribution in [2.75, 3.05) is 14.2 Å². The fourth-order valence-electron chi connectivity index (χ4n) is 3.26. The minimum atomic E-state index is -0.442. The van der Waals surface area contributed by atoms with Crippen molar-refractivity contribution >= 4 is 23.2 Å². The van der Waals surface area contributed by atoms with Gasteiger partial charge in [-0.25, -0.2) is 9.48 Å². The van der Waals surface area contributed by atoms with Crippen molar-refractivity contribution in [3.63, 3.8) is 0 Å². The quantitative estimate of drug-likeness (QED) is 0.417. The molecule has 6 nitrogen and oxygen atoms in total. The van der Waals surface area contributed by atoms with Gasteiger partial charge in [0.1, 0.15) is 4.88 Å². The number of methoxy groups -OCH3 is 1. The molecule has 0 bridgehead atoms. The Kier molecular flexibility index (Phi) is 5.95. The number of esters is 1. The second kappa shape index (κ2) is 8.97. The van der Waals surface area contributed by atoms with E-state index < -0.39 is 5.97 Å². The van der Waals surface area contributed by atoms with Crippen molar-refractivity contribution in [1.29, 1.82) is 0 Å². The first-order valence-corrected chi connectivity index (χ1v) is 10.5. The molecule has 31 heavy (non-hydrogen) atoms. The molecule has 7 heteroatoms. The highest BCUT2D eigenvalue weighted by molar-refractivity contribution is 7.15. The molecule has 0 aliphatic heterocycles. The number of carbonyl (C=O) groups excluding carboxylic acids is 2. The molecule has 4 aromatic rings. The van der Waals surface area contributed by atoms with Gasteiger partial charge in [0, 0.05) is 30.9 Å². The summed E-state index contributed by atoms with van der Waals surface area (Å²) in [6.07, 6.45) is 1.95. The van der Waals surface area contributed by atoms with Crippen LogP contribution >= 0.6 is 11.3 Å². The lowest BCUT2D eigenvalue weighted by molar-refractivity contribution is 0.0606. The minimum absolute atomic E-state index is 0.161. The first-order chi connectivity index (χ1) is 15.1. The zero-order chi connectivity index (χ0) is 21.8. The van der Waals surface area contributed by atoms with E-state index in [1.54, 1.807) is 24.1 Å². The van der Waals surface area contributed by atoms with Gasteiger partial charge >= 0.3 is 5.97 Å². The van der Waals surface area contributed by atoms with E-state index in [0.717, 1.165) is 33.8 Å². The van der Waals surface area contributed by atoms with Crippen molar-refractivity contribution in [1.82, 2.24) is 14.7 Å². The monoisotopic (exact) mass is 431 g/mol. The van der Waals surface area contributed by atoms with E-state index in [-0.39, 0.29) is 5.91 Å². The van der Waals surface area contributed by atoms with Gasteiger partial charge in [0.15, 0.2) is 0 Å². The zero-order valence-corrected chi connectivity index (χ0v) is 18.0. The standard InChI is InChI=1S/C24H21N3O3S/c1-26(23(28)20-13-14-21(31-20)24(29)30-2)15-18-16-27(19-11-7-4-8-12-19)25-22(18)17-9-5-3-6-10-17/h3-14,16H,15H2,1-2H3. The van der Waals surface area contributed by atoms with E-state index in [1.807, 2.05) is 71.5 Å². The first-order valence-electron chi connectivity index (χ1n) is 9.70. The molecule has 2 aromatic carbocycles. The number of benzene rings is 2. The van der Waals surface area contributed by atoms with Crippen LogP contribution in [-0.4, -0.2) is 40.7 Å². The molecule has 4 rings (SSSR count). The van der Waals surface area contributed by atoms with Gasteiger partial charge in [0.05, 0.1) is 23.4 Å². The summed E-state index contributed by atoms with van der Waals surface area (Å²) in [5.41, 5.74) is 3.68. The van der Waals surface area contributed by atoms with Crippen molar-refractivity contribution in [2.24, 2.45) is 0 Å². The molecule has 0 fully saturated rings. The second-order valence-corrected chi connectivity index (χ2v) is 8.05. The van der Waals surface area contributed by atoms with Gasteiger partial charge in [-0.3, -0.25) is 4.79 Å². The fourth-order valence-corrected chi connectivity index (χ4v) is 4.17. The molecule has 0 saturated heterocycles. The normalized spacial score (nSPS) is 10.6. The number of hydrogen-bond donors (Lipinski definition) is 0. The molecule has 0 spiro atoms. The number of rotatable bonds is 6. The maximum Gasteiger partial charge on any atom is 0.348 e. The summed E-state index contributed by atoms with van der Waals surface area (Å²) in [6.45, 7) is 0.376. The predicted octanol–water partition coefficient (Wildman–Crippen LogP) is 4.66. The Hall–Kier alpha value is -3.71. The predicted molar refractivity (Wildman–Crippen MR) is 120 cm³/mol. The summed E-state index contributed by atoms with van der Waals surface area (Å²) in [5.74, 6) is -0.603. The molecule has 0 aliphatic rings. The molecule has 0 N–H and O–H groups in total. The number of thiophene rings is 1. The van der Waals surface area contributed by atoms with E-state index in [1.165, 1.54) is 7.11 Å². The van der Waals surface area contributed by atoms with Crippen LogP contribution in [0.3, 0.4) is 0 Å². The van der Waals surface area contributed by atoms with Crippen LogP contribution in [0.25, 0.3) is 16.9 Å². The highest BCUT2D eigenvalue weighted by Crippen LogP contribution is 2.26. The molecular weight excluding hydrogens is 410 g/mol. The van der Waals surface area contributed by atoms with Crippen molar-refractivity contribution in [2.45, 2.75) is 6.54 Å². The number of nitrogens with zero attached hydrogens (tertiary/aromatic N) is 3. The number of carbonyl (C=O) groups is 2. The van der Waals surface area contributed by atoms with Crippen LogP contribution in [0.5, 0.6) is 0 Å². The van der Waals surface area contributed by atoms with Crippen LogP contribution < -0.4 is 0 Å². The van der Waals surface area contributed by atoms with Crippen LogP contribution in [-0.2, 0) is 11.3 Å². The third kappa shape index (κ3) is 4.41. The molecule has 0 atom stereocenters. The molecule has 0 saturated carbocycles. The third-order valence-corrected chi connectivity index (χ3v) is 5.87. The third-order valence-electron chi connectivity index (χ3n) is 4.82. The number of para-hydroxylation sites is 1. The number of ether oxygens (including phenoxy) is 1. The molecule has 2 heterocycles. The summed E-state index contributed by atoms with van der Waals surface area (Å²) in [6, 6.07) is 23.0. The average molecular weight is 432 g/mol. The molecule has 0 unspecified atom stereocenters. The van der Waals surface area contributed by atoms with E-state index in [4.69, 9.17) is 9.84 Å². The Labute approximate surface area is 184 Å². The van der Waals surface area contributed by atoms with E-state index >= 15 is 0 Å². The smallest absolute Gasteiger partial charge is 0.348 e. The van der Waals surface area contributed by atoms with Crippen molar-refractivity contribution in [3.05, 3.63) is 94.3 Å². The highest BCUT2D eigenvalue weighted by atomic mass is 32.1. The number of aromatic nitrogens is 2. The van der Waals surface area contributed by atoms with Crippen molar-refractivity contribution in [3.8, 4) is 16.9 Å². The lowest BCUT2D eigenvalue weighted by Gasteiger charge is -2.16. The van der Waals surface area contributed by atoms with Crippen LogP contribution in [0, 0.1) is 0 Å². The lowest BCUT2D eigenvalue weighted by atomic mass is 10.1. The van der Waals surface area contributed by atoms with Gasteiger partial charge in [-0.05, 0) is 24.3 Å². The Balaban J connectivity index is 1.63. The minimum Gasteiger partial charge on any atom is -0.465 e. The summed E-state index contributed by atoms with van der Waals surface area (Å²) in [5, 5.41) is 4.79. The van der Waals surface area contributed by atoms with Gasteiger partial charge in [-0.2, -0.15) is 5.10 Å². The number of amides is 1. The maximum absolute atomic E-state index is 13.0. The summed E-state index contributed by atoms with van der Waals surface area (Å²) in [7, 11) is 3.07. The van der Waals surface area contributed by atoms with Crippen LogP contribution in [0.2, 0.25) is 0 Å². The molecular formula is C24H21N3O3S. The Bertz CT molecular complexity index is 1200. The number of hydrogen-bond acceptors (Lipinski definition) is 5. The SMILES string of the molecule is COC(=O)c1ccc(C(=O)N(C)Cc2cn(-c3ccccc3)nc2-c2ccccc2)s1. The van der Waals surface area contributed by atoms with E-state index in [9.17, 15) is 9.59 Å². The molecule has 2 aromatic heterocycles. The van der Waals surface area contributed by atoms with Gasteiger partial charge in [0.25, 0.3) is 5.91 Å². The highest BCUT2D eigenvalue weighted by Gasteiger charge is 2.20. The second-order valence-electron chi connectivity index (χ2n) is 6.97. The van der Waals surface area contributed by atoms with E-state index in [0.29, 0.717) is 16.3 Å². The summed E-state index contributed by atoms with van der Waals surface area (Å²) >= 11 is 1.13. The summed E-state index contributed by atoms with van der Waals surface area (Å²) < 4.78 is 6.56. The van der Waals surface area contributed by atoms with Gasteiger partial charge < -0.3 is 9.64 Å². The van der Waals surface area contributed by atoms with E-state index in [2.05, 4.69) is 0 Å². The fraction of sp³-hybridized carbons (Fsp3) is 0.125. The maximum atomic E-state index is 13.0. The Morgan fingerprint density at radius 1 is 0.968 bits per heavy atom. The van der Waals surface area contributed by atoms with Crippen LogP contribution in [0.1, 0.15) is 24.9 Å². The molecule has 0 radical (unpaired) electrons. The first kappa shape index (κ1) is 20.6. The van der Waals surface area contributed by atoms with Crippen molar-refractivity contribution < 1.29 is 14.3 Å². The Morgan fingerprint density at radius 3 is 2.29 bits per heavy atom. The van der Waals surface area contributed by atoms with Gasteiger partial charge in [0.2, 0.25) is 0 Å². The molecule has 0 aliphatic carbocycles. The summed E-state index contributed by atoms with van der Waals surface area (Å²) in [4.78, 5) is 27.2. The van der Waals surface area contributed by atoms with Gasteiger partial charge in [-0.1, -0.05) is 48.5 Å². The average Bonchev–Trinajstić information content (AvgIpc) is 3.47. The lowest BCUT2D eigenvalue weighted by Crippen LogP contribution is -2.25. The zero-order valence-electron chi connectivity index (χ0n) is 17.2. The van der Waals surface area contributed by atoms with Crippen LogP contribution in [0.4, 0.5) is 0 Å². The van der Waals surface area contributed by atoms with Crippen LogP contribution in [0.15, 0.2) is 79.0 Å². The molecule has 1 amide bonds. The molecule has 156 valence electrons. The van der Waals surface area contributed by atoms with Gasteiger partial charge in [-0.15, -0.1) is 11.3 Å².